The minimum atomic E-state index is -4.38. The molecule has 0 aliphatic heterocycles. The van der Waals surface area contributed by atoms with E-state index in [9.17, 15) is 13.0 Å². The van der Waals surface area contributed by atoms with Crippen LogP contribution in [0.3, 0.4) is 0 Å². The van der Waals surface area contributed by atoms with Gasteiger partial charge in [-0.3, -0.25) is 4.55 Å². The van der Waals surface area contributed by atoms with Gasteiger partial charge < -0.3 is 5.32 Å². The second-order valence-corrected chi connectivity index (χ2v) is 8.08. The molecule has 2 aromatic rings. The van der Waals surface area contributed by atoms with Gasteiger partial charge in [0.2, 0.25) is 0 Å². The maximum atomic E-state index is 11.7. The fourth-order valence-electron chi connectivity index (χ4n) is 3.12. The normalized spacial score (nSPS) is 11.9. The van der Waals surface area contributed by atoms with Gasteiger partial charge in [-0.2, -0.15) is 23.8 Å². The van der Waals surface area contributed by atoms with Crippen molar-refractivity contribution >= 4 is 26.8 Å². The summed E-state index contributed by atoms with van der Waals surface area (Å²) in [6.45, 7) is 2.89. The summed E-state index contributed by atoms with van der Waals surface area (Å²) in [5.41, 5.74) is 0.924. The van der Waals surface area contributed by atoms with E-state index < -0.39 is 10.1 Å². The van der Waals surface area contributed by atoms with E-state index in [1.165, 1.54) is 51.4 Å². The molecule has 26 heavy (non-hydrogen) atoms. The molecule has 1 aromatic heterocycles. The van der Waals surface area contributed by atoms with Crippen molar-refractivity contribution < 1.29 is 13.0 Å². The van der Waals surface area contributed by atoms with Gasteiger partial charge in [0.1, 0.15) is 15.9 Å². The van der Waals surface area contributed by atoms with Gasteiger partial charge in [-0.25, -0.2) is 0 Å². The Morgan fingerprint density at radius 2 is 1.58 bits per heavy atom. The Morgan fingerprint density at radius 1 is 0.962 bits per heavy atom. The molecular weight excluding hydrogens is 352 g/mol. The Hall–Kier alpha value is -1.67. The van der Waals surface area contributed by atoms with Gasteiger partial charge in [0.05, 0.1) is 5.69 Å². The molecule has 0 saturated carbocycles. The summed E-state index contributed by atoms with van der Waals surface area (Å²) in [4.78, 5) is -0.212. The Kier molecular flexibility index (Phi) is 8.31. The van der Waals surface area contributed by atoms with Gasteiger partial charge in [-0.1, -0.05) is 64.7 Å². The van der Waals surface area contributed by atoms with Crippen molar-refractivity contribution in [1.29, 1.82) is 0 Å². The molecule has 0 amide bonds. The molecule has 8 heteroatoms. The predicted octanol–water partition coefficient (Wildman–Crippen LogP) is 4.54. The lowest BCUT2D eigenvalue weighted by molar-refractivity contribution is 0.484. The standard InChI is InChI=1S/C18H30N4O3S/c1-2-3-4-5-6-7-8-9-10-11-14-19-16-13-12-15-17(21-22-20-15)18(16)26(23,24)25/h12-13,19H,2-11,14H2,1H3,(H,20,21,22)(H,23,24,25). The molecule has 2 rings (SSSR count). The van der Waals surface area contributed by atoms with Crippen LogP contribution >= 0.6 is 0 Å². The molecule has 0 aliphatic carbocycles. The van der Waals surface area contributed by atoms with Crippen LogP contribution in [0.2, 0.25) is 0 Å². The maximum Gasteiger partial charge on any atom is 0.298 e. The van der Waals surface area contributed by atoms with Crippen LogP contribution in [0.4, 0.5) is 5.69 Å². The topological polar surface area (TPSA) is 108 Å². The highest BCUT2D eigenvalue weighted by Crippen LogP contribution is 2.28. The van der Waals surface area contributed by atoms with E-state index in [0.29, 0.717) is 17.7 Å². The van der Waals surface area contributed by atoms with Crippen molar-refractivity contribution in [2.45, 2.75) is 76.0 Å². The van der Waals surface area contributed by atoms with Crippen LogP contribution in [0.5, 0.6) is 0 Å². The van der Waals surface area contributed by atoms with E-state index in [4.69, 9.17) is 0 Å². The molecule has 0 fully saturated rings. The van der Waals surface area contributed by atoms with Gasteiger partial charge in [0, 0.05) is 6.54 Å². The third-order valence-electron chi connectivity index (χ3n) is 4.55. The van der Waals surface area contributed by atoms with E-state index >= 15 is 0 Å². The Morgan fingerprint density at radius 3 is 2.19 bits per heavy atom. The van der Waals surface area contributed by atoms with E-state index in [0.717, 1.165) is 12.8 Å². The van der Waals surface area contributed by atoms with Crippen LogP contribution in [-0.4, -0.2) is 34.9 Å². The summed E-state index contributed by atoms with van der Waals surface area (Å²) < 4.78 is 32.9. The molecule has 0 radical (unpaired) electrons. The molecule has 0 bridgehead atoms. The molecule has 0 spiro atoms. The number of anilines is 1. The summed E-state index contributed by atoms with van der Waals surface area (Å²) in [6.07, 6.45) is 12.5. The minimum Gasteiger partial charge on any atom is -0.384 e. The average molecular weight is 383 g/mol. The molecule has 1 aromatic carbocycles. The number of H-pyrrole nitrogens is 1. The van der Waals surface area contributed by atoms with E-state index in [1.54, 1.807) is 12.1 Å². The van der Waals surface area contributed by atoms with Gasteiger partial charge in [0.25, 0.3) is 10.1 Å². The smallest absolute Gasteiger partial charge is 0.298 e. The van der Waals surface area contributed by atoms with Gasteiger partial charge in [-0.15, -0.1) is 0 Å². The summed E-state index contributed by atoms with van der Waals surface area (Å²) >= 11 is 0. The van der Waals surface area contributed by atoms with Crippen molar-refractivity contribution in [3.63, 3.8) is 0 Å². The Labute approximate surface area is 155 Å². The van der Waals surface area contributed by atoms with E-state index in [2.05, 4.69) is 27.7 Å². The van der Waals surface area contributed by atoms with Gasteiger partial charge >= 0.3 is 0 Å². The number of hydrogen-bond acceptors (Lipinski definition) is 5. The van der Waals surface area contributed by atoms with Crippen molar-refractivity contribution in [1.82, 2.24) is 15.4 Å². The summed E-state index contributed by atoms with van der Waals surface area (Å²) in [7, 11) is -4.38. The number of benzene rings is 1. The number of nitrogens with one attached hydrogen (secondary N) is 2. The van der Waals surface area contributed by atoms with Crippen LogP contribution in [0.1, 0.15) is 71.1 Å². The minimum absolute atomic E-state index is 0.153. The lowest BCUT2D eigenvalue weighted by Gasteiger charge is -2.10. The van der Waals surface area contributed by atoms with Crippen molar-refractivity contribution in [2.75, 3.05) is 11.9 Å². The monoisotopic (exact) mass is 382 g/mol. The molecule has 3 N–H and O–H groups in total. The molecular formula is C18H30N4O3S. The largest absolute Gasteiger partial charge is 0.384 e. The number of nitrogens with zero attached hydrogens (tertiary/aromatic N) is 2. The van der Waals surface area contributed by atoms with Gasteiger partial charge in [-0.05, 0) is 18.6 Å². The Bertz CT molecular complexity index is 774. The second kappa shape index (κ2) is 10.5. The number of aromatic amines is 1. The first-order chi connectivity index (χ1) is 12.5. The average Bonchev–Trinajstić information content (AvgIpc) is 3.06. The number of rotatable bonds is 13. The number of fused-ring (bicyclic) bond motifs is 1. The highest BCUT2D eigenvalue weighted by Gasteiger charge is 2.21. The van der Waals surface area contributed by atoms with Gasteiger partial charge in [0.15, 0.2) is 0 Å². The highest BCUT2D eigenvalue weighted by molar-refractivity contribution is 7.86. The zero-order valence-electron chi connectivity index (χ0n) is 15.5. The zero-order chi connectivity index (χ0) is 18.8. The maximum absolute atomic E-state index is 11.7. The number of aromatic nitrogens is 3. The first-order valence-electron chi connectivity index (χ1n) is 9.59. The van der Waals surface area contributed by atoms with Crippen molar-refractivity contribution in [2.24, 2.45) is 0 Å². The number of unbranched alkanes of at least 4 members (excludes halogenated alkanes) is 9. The summed E-state index contributed by atoms with van der Waals surface area (Å²) in [5.74, 6) is 0. The predicted molar refractivity (Wildman–Crippen MR) is 104 cm³/mol. The lowest BCUT2D eigenvalue weighted by atomic mass is 10.1. The lowest BCUT2D eigenvalue weighted by Crippen LogP contribution is -2.08. The first kappa shape index (κ1) is 20.6. The van der Waals surface area contributed by atoms with E-state index in [1.807, 2.05) is 0 Å². The van der Waals surface area contributed by atoms with Crippen molar-refractivity contribution in [3.05, 3.63) is 12.1 Å². The summed E-state index contributed by atoms with van der Waals surface area (Å²) in [5, 5.41) is 13.2. The van der Waals surface area contributed by atoms with Crippen LogP contribution in [0.25, 0.3) is 11.0 Å². The van der Waals surface area contributed by atoms with Crippen molar-refractivity contribution in [3.8, 4) is 0 Å². The first-order valence-corrected chi connectivity index (χ1v) is 11.0. The molecule has 0 saturated heterocycles. The third-order valence-corrected chi connectivity index (χ3v) is 5.48. The molecule has 0 atom stereocenters. The fourth-order valence-corrected chi connectivity index (χ4v) is 3.94. The molecule has 7 nitrogen and oxygen atoms in total. The highest BCUT2D eigenvalue weighted by atomic mass is 32.2. The SMILES string of the molecule is CCCCCCCCCCCCNc1ccc2n[nH]nc2c1S(=O)(=O)O. The van der Waals surface area contributed by atoms with Crippen LogP contribution in [0, 0.1) is 0 Å². The van der Waals surface area contributed by atoms with Crippen LogP contribution in [0.15, 0.2) is 17.0 Å². The Balaban J connectivity index is 1.72. The zero-order valence-corrected chi connectivity index (χ0v) is 16.3. The van der Waals surface area contributed by atoms with E-state index in [-0.39, 0.29) is 10.4 Å². The quantitative estimate of drug-likeness (QED) is 0.347. The molecule has 0 aliphatic rings. The fraction of sp³-hybridized carbons (Fsp3) is 0.667. The molecule has 0 unspecified atom stereocenters. The van der Waals surface area contributed by atoms with Crippen LogP contribution in [-0.2, 0) is 10.1 Å². The third kappa shape index (κ3) is 6.25. The molecule has 1 heterocycles. The second-order valence-electron chi connectivity index (χ2n) is 6.72. The van der Waals surface area contributed by atoms with Crippen LogP contribution < -0.4 is 5.32 Å². The molecule has 146 valence electrons. The summed E-state index contributed by atoms with van der Waals surface area (Å²) in [6, 6.07) is 3.29. The number of hydrogen-bond donors (Lipinski definition) is 3.